The molecule has 0 spiro atoms. The Bertz CT molecular complexity index is 891. The average Bonchev–Trinajstić information content (AvgIpc) is 2.72. The first-order valence-corrected chi connectivity index (χ1v) is 11.3. The van der Waals surface area contributed by atoms with Gasteiger partial charge in [-0.15, -0.1) is 0 Å². The molecular formula is C19H22F6N2O3S. The Morgan fingerprint density at radius 1 is 0.903 bits per heavy atom. The van der Waals surface area contributed by atoms with Gasteiger partial charge in [0.2, 0.25) is 15.9 Å². The molecule has 0 bridgehead atoms. The largest absolute Gasteiger partial charge is 0.416 e. The zero-order chi connectivity index (χ0) is 23.0. The van der Waals surface area contributed by atoms with Crippen molar-refractivity contribution in [2.45, 2.75) is 42.9 Å². The van der Waals surface area contributed by atoms with Crippen LogP contribution in [-0.4, -0.2) is 55.9 Å². The molecule has 12 heteroatoms. The summed E-state index contributed by atoms with van der Waals surface area (Å²) in [7, 11) is -4.05. The van der Waals surface area contributed by atoms with Gasteiger partial charge in [-0.05, 0) is 43.5 Å². The number of alkyl halides is 6. The molecule has 2 fully saturated rings. The molecule has 1 aliphatic carbocycles. The number of halogens is 6. The number of hydrogen-bond acceptors (Lipinski definition) is 3. The van der Waals surface area contributed by atoms with Gasteiger partial charge in [0.15, 0.2) is 0 Å². The monoisotopic (exact) mass is 472 g/mol. The van der Waals surface area contributed by atoms with Crippen LogP contribution in [-0.2, 0) is 21.0 Å². The minimum atomic E-state index is -4.58. The number of carbonyl (C=O) groups excluding carboxylic acids is 1. The summed E-state index contributed by atoms with van der Waals surface area (Å²) in [6.45, 7) is -0.118. The van der Waals surface area contributed by atoms with Crippen LogP contribution < -0.4 is 0 Å². The molecule has 1 heterocycles. The molecule has 1 aromatic rings. The van der Waals surface area contributed by atoms with Crippen LogP contribution in [0, 0.1) is 11.8 Å². The number of nitrogens with zero attached hydrogens (tertiary/aromatic N) is 2. The van der Waals surface area contributed by atoms with Gasteiger partial charge in [0.25, 0.3) is 0 Å². The van der Waals surface area contributed by atoms with Crippen molar-refractivity contribution in [3.05, 3.63) is 29.8 Å². The van der Waals surface area contributed by atoms with Crippen LogP contribution in [0.2, 0.25) is 0 Å². The molecule has 3 rings (SSSR count). The second-order valence-corrected chi connectivity index (χ2v) is 9.79. The fraction of sp³-hybridized carbons (Fsp3) is 0.632. The molecule has 1 amide bonds. The van der Waals surface area contributed by atoms with Gasteiger partial charge in [0.1, 0.15) is 0 Å². The van der Waals surface area contributed by atoms with Crippen molar-refractivity contribution in [3.63, 3.8) is 0 Å². The predicted octanol–water partition coefficient (Wildman–Crippen LogP) is 3.91. The van der Waals surface area contributed by atoms with Crippen molar-refractivity contribution in [3.8, 4) is 0 Å². The Morgan fingerprint density at radius 2 is 1.48 bits per heavy atom. The van der Waals surface area contributed by atoms with Gasteiger partial charge in [0, 0.05) is 32.1 Å². The maximum atomic E-state index is 13.0. The van der Waals surface area contributed by atoms with Crippen LogP contribution in [0.1, 0.15) is 31.2 Å². The summed E-state index contributed by atoms with van der Waals surface area (Å²) < 4.78 is 103. The molecule has 2 unspecified atom stereocenters. The molecule has 0 radical (unpaired) electrons. The summed E-state index contributed by atoms with van der Waals surface area (Å²) in [5.41, 5.74) is -0.966. The molecular weight excluding hydrogens is 450 g/mol. The van der Waals surface area contributed by atoms with E-state index >= 15 is 0 Å². The van der Waals surface area contributed by atoms with Gasteiger partial charge in [-0.3, -0.25) is 4.79 Å². The van der Waals surface area contributed by atoms with Crippen molar-refractivity contribution in [1.82, 2.24) is 9.21 Å². The van der Waals surface area contributed by atoms with Gasteiger partial charge < -0.3 is 4.90 Å². The second kappa shape index (κ2) is 8.61. The van der Waals surface area contributed by atoms with Crippen LogP contribution in [0.4, 0.5) is 26.3 Å². The number of rotatable bonds is 3. The van der Waals surface area contributed by atoms with Crippen molar-refractivity contribution in [1.29, 1.82) is 0 Å². The smallest absolute Gasteiger partial charge is 0.340 e. The highest BCUT2D eigenvalue weighted by molar-refractivity contribution is 7.89. The lowest BCUT2D eigenvalue weighted by Crippen LogP contribution is -2.52. The van der Waals surface area contributed by atoms with E-state index in [0.717, 1.165) is 16.4 Å². The van der Waals surface area contributed by atoms with Crippen LogP contribution in [0.15, 0.2) is 29.2 Å². The van der Waals surface area contributed by atoms with Gasteiger partial charge in [-0.2, -0.15) is 30.6 Å². The Morgan fingerprint density at radius 3 is 2.00 bits per heavy atom. The van der Waals surface area contributed by atoms with E-state index in [1.54, 1.807) is 0 Å². The van der Waals surface area contributed by atoms with Crippen LogP contribution in [0.25, 0.3) is 0 Å². The van der Waals surface area contributed by atoms with E-state index in [1.807, 2.05) is 0 Å². The fourth-order valence-electron chi connectivity index (χ4n) is 4.08. The Balaban J connectivity index is 1.61. The lowest BCUT2D eigenvalue weighted by Gasteiger charge is -2.38. The van der Waals surface area contributed by atoms with E-state index in [9.17, 15) is 39.6 Å². The lowest BCUT2D eigenvalue weighted by molar-refractivity contribution is -0.187. The van der Waals surface area contributed by atoms with Crippen molar-refractivity contribution < 1.29 is 39.6 Å². The third-order valence-corrected chi connectivity index (χ3v) is 7.77. The summed E-state index contributed by atoms with van der Waals surface area (Å²) in [5.74, 6) is -2.64. The summed E-state index contributed by atoms with van der Waals surface area (Å²) in [6, 6.07) is 3.14. The van der Waals surface area contributed by atoms with Crippen LogP contribution in [0.5, 0.6) is 0 Å². The molecule has 0 aromatic heterocycles. The SMILES string of the molecule is O=C(C1CCCC(C(F)(F)F)C1)N1CCN(S(=O)(=O)c2ccc(C(F)(F)F)cc2)CC1. The minimum Gasteiger partial charge on any atom is -0.340 e. The normalized spacial score (nSPS) is 24.3. The third-order valence-electron chi connectivity index (χ3n) is 5.86. The Kier molecular flexibility index (Phi) is 6.62. The Hall–Kier alpha value is -1.82. The highest BCUT2D eigenvalue weighted by Gasteiger charge is 2.44. The van der Waals surface area contributed by atoms with E-state index in [2.05, 4.69) is 0 Å². The molecule has 1 aromatic carbocycles. The van der Waals surface area contributed by atoms with Gasteiger partial charge >= 0.3 is 12.4 Å². The number of hydrogen-bond donors (Lipinski definition) is 0. The standard InChI is InChI=1S/C19H22F6N2O3S/c20-18(21,22)14-4-6-16(7-5-14)31(29,30)27-10-8-26(9-11-27)17(28)13-2-1-3-15(12-13)19(23,24)25/h4-7,13,15H,1-3,8-12H2. The second-order valence-electron chi connectivity index (χ2n) is 7.85. The molecule has 1 saturated heterocycles. The van der Waals surface area contributed by atoms with E-state index < -0.39 is 45.7 Å². The summed E-state index contributed by atoms with van der Waals surface area (Å²) in [5, 5.41) is 0. The van der Waals surface area contributed by atoms with E-state index in [4.69, 9.17) is 0 Å². The molecule has 5 nitrogen and oxygen atoms in total. The average molecular weight is 472 g/mol. The van der Waals surface area contributed by atoms with Crippen molar-refractivity contribution in [2.75, 3.05) is 26.2 Å². The number of benzene rings is 1. The molecule has 31 heavy (non-hydrogen) atoms. The quantitative estimate of drug-likeness (QED) is 0.627. The molecule has 0 N–H and O–H groups in total. The minimum absolute atomic E-state index is 0.00638. The first kappa shape index (κ1) is 23.8. The topological polar surface area (TPSA) is 57.7 Å². The maximum absolute atomic E-state index is 13.0. The summed E-state index contributed by atoms with van der Waals surface area (Å²) >= 11 is 0. The molecule has 2 aliphatic rings. The maximum Gasteiger partial charge on any atom is 0.416 e. The lowest BCUT2D eigenvalue weighted by atomic mass is 9.80. The number of carbonyl (C=O) groups is 1. The highest BCUT2D eigenvalue weighted by Crippen LogP contribution is 2.40. The molecule has 1 saturated carbocycles. The predicted molar refractivity (Wildman–Crippen MR) is 98.3 cm³/mol. The molecule has 174 valence electrons. The zero-order valence-corrected chi connectivity index (χ0v) is 17.2. The number of piperazine rings is 1. The van der Waals surface area contributed by atoms with Gasteiger partial charge in [0.05, 0.1) is 16.4 Å². The van der Waals surface area contributed by atoms with E-state index in [1.165, 1.54) is 4.90 Å². The molecule has 1 aliphatic heterocycles. The number of amides is 1. The summed E-state index contributed by atoms with van der Waals surface area (Å²) in [4.78, 5) is 13.8. The first-order chi connectivity index (χ1) is 14.3. The Labute approximate surface area is 176 Å². The summed E-state index contributed by atoms with van der Waals surface area (Å²) in [6.07, 6.45) is -8.50. The van der Waals surface area contributed by atoms with Crippen molar-refractivity contribution in [2.24, 2.45) is 11.8 Å². The van der Waals surface area contributed by atoms with Crippen LogP contribution >= 0.6 is 0 Å². The van der Waals surface area contributed by atoms with Crippen LogP contribution in [0.3, 0.4) is 0 Å². The van der Waals surface area contributed by atoms with E-state index in [0.29, 0.717) is 25.0 Å². The first-order valence-electron chi connectivity index (χ1n) is 9.83. The number of sulfonamides is 1. The van der Waals surface area contributed by atoms with E-state index in [-0.39, 0.29) is 43.9 Å². The highest BCUT2D eigenvalue weighted by atomic mass is 32.2. The molecule has 2 atom stereocenters. The van der Waals surface area contributed by atoms with Gasteiger partial charge in [-0.25, -0.2) is 8.42 Å². The van der Waals surface area contributed by atoms with Gasteiger partial charge in [-0.1, -0.05) is 6.42 Å². The third kappa shape index (κ3) is 5.33. The van der Waals surface area contributed by atoms with Crippen molar-refractivity contribution >= 4 is 15.9 Å². The zero-order valence-electron chi connectivity index (χ0n) is 16.4. The fourth-order valence-corrected chi connectivity index (χ4v) is 5.51.